The maximum atomic E-state index is 12.5. The van der Waals surface area contributed by atoms with Crippen LogP contribution < -0.4 is 0 Å². The topological polar surface area (TPSA) is 47.8 Å². The molecule has 1 saturated carbocycles. The fourth-order valence-corrected chi connectivity index (χ4v) is 4.51. The molecule has 138 valence electrons. The first-order valence-corrected chi connectivity index (χ1v) is 10.5. The summed E-state index contributed by atoms with van der Waals surface area (Å²) in [7, 11) is 0. The fourth-order valence-electron chi connectivity index (χ4n) is 3.66. The van der Waals surface area contributed by atoms with Crippen molar-refractivity contribution in [1.82, 2.24) is 14.8 Å². The van der Waals surface area contributed by atoms with Gasteiger partial charge in [-0.15, -0.1) is 10.2 Å². The molecule has 0 aliphatic heterocycles. The number of para-hydroxylation sites is 1. The fraction of sp³-hybridized carbons (Fsp3) is 0.318. The Kier molecular flexibility index (Phi) is 5.68. The van der Waals surface area contributed by atoms with Crippen LogP contribution in [-0.2, 0) is 0 Å². The Hall–Kier alpha value is -2.40. The maximum absolute atomic E-state index is 12.5. The molecule has 0 bridgehead atoms. The number of hydrogen-bond donors (Lipinski definition) is 0. The van der Waals surface area contributed by atoms with E-state index in [2.05, 4.69) is 26.9 Å². The zero-order valence-electron chi connectivity index (χ0n) is 15.3. The van der Waals surface area contributed by atoms with Crippen LogP contribution >= 0.6 is 11.8 Å². The molecule has 27 heavy (non-hydrogen) atoms. The monoisotopic (exact) mass is 377 g/mol. The van der Waals surface area contributed by atoms with Gasteiger partial charge in [-0.25, -0.2) is 0 Å². The van der Waals surface area contributed by atoms with Crippen molar-refractivity contribution in [3.05, 3.63) is 72.1 Å². The van der Waals surface area contributed by atoms with Crippen molar-refractivity contribution in [2.45, 2.75) is 43.2 Å². The van der Waals surface area contributed by atoms with Gasteiger partial charge in [0.25, 0.3) is 0 Å². The van der Waals surface area contributed by atoms with E-state index in [0.717, 1.165) is 22.2 Å². The number of Topliss-reactive ketones (excluding diaryl/α,β-unsaturated/α-hetero) is 1. The van der Waals surface area contributed by atoms with E-state index in [9.17, 15) is 4.79 Å². The normalized spacial score (nSPS) is 15.0. The molecule has 1 heterocycles. The quantitative estimate of drug-likeness (QED) is 0.432. The first kappa shape index (κ1) is 18.0. The summed E-state index contributed by atoms with van der Waals surface area (Å²) in [5, 5.41) is 9.80. The predicted octanol–water partition coefficient (Wildman–Crippen LogP) is 5.29. The molecule has 0 amide bonds. The molecule has 0 radical (unpaired) electrons. The molecule has 1 aliphatic carbocycles. The SMILES string of the molecule is O=C(CSc1nnc(C2CCCCC2)n1-c1ccccc1)c1ccccc1. The Morgan fingerprint density at radius 2 is 1.59 bits per heavy atom. The van der Waals surface area contributed by atoms with E-state index in [1.807, 2.05) is 48.5 Å². The molecule has 0 saturated heterocycles. The molecule has 0 atom stereocenters. The lowest BCUT2D eigenvalue weighted by Crippen LogP contribution is -2.12. The van der Waals surface area contributed by atoms with Crippen molar-refractivity contribution in [2.75, 3.05) is 5.75 Å². The zero-order chi connectivity index (χ0) is 18.5. The number of ketones is 1. The maximum Gasteiger partial charge on any atom is 0.196 e. The van der Waals surface area contributed by atoms with Gasteiger partial charge in [-0.05, 0) is 25.0 Å². The standard InChI is InChI=1S/C22H23N3OS/c26-20(17-10-4-1-5-11-17)16-27-22-24-23-21(18-12-6-2-7-13-18)25(22)19-14-8-3-9-15-19/h1,3-5,8-11,14-15,18H,2,6-7,12-13,16H2. The highest BCUT2D eigenvalue weighted by Gasteiger charge is 2.24. The summed E-state index contributed by atoms with van der Waals surface area (Å²) in [5.74, 6) is 1.96. The van der Waals surface area contributed by atoms with Gasteiger partial charge in [0.1, 0.15) is 5.82 Å². The lowest BCUT2D eigenvalue weighted by Gasteiger charge is -2.22. The summed E-state index contributed by atoms with van der Waals surface area (Å²) in [6, 6.07) is 19.7. The number of nitrogens with zero attached hydrogens (tertiary/aromatic N) is 3. The van der Waals surface area contributed by atoms with E-state index in [0.29, 0.717) is 11.7 Å². The summed E-state index contributed by atoms with van der Waals surface area (Å²) < 4.78 is 2.15. The Balaban J connectivity index is 1.60. The number of benzene rings is 2. The molecule has 2 aromatic carbocycles. The van der Waals surface area contributed by atoms with Gasteiger partial charge in [-0.1, -0.05) is 79.6 Å². The Morgan fingerprint density at radius 1 is 0.926 bits per heavy atom. The average Bonchev–Trinajstić information content (AvgIpc) is 3.18. The Morgan fingerprint density at radius 3 is 2.30 bits per heavy atom. The van der Waals surface area contributed by atoms with Gasteiger partial charge in [-0.3, -0.25) is 9.36 Å². The predicted molar refractivity (Wildman–Crippen MR) is 109 cm³/mol. The highest BCUT2D eigenvalue weighted by Crippen LogP contribution is 2.34. The van der Waals surface area contributed by atoms with Crippen LogP contribution in [0, 0.1) is 0 Å². The van der Waals surface area contributed by atoms with Crippen LogP contribution in [-0.4, -0.2) is 26.3 Å². The molecular formula is C22H23N3OS. The van der Waals surface area contributed by atoms with Crippen molar-refractivity contribution >= 4 is 17.5 Å². The van der Waals surface area contributed by atoms with Gasteiger partial charge in [0.05, 0.1) is 5.75 Å². The van der Waals surface area contributed by atoms with E-state index in [1.54, 1.807) is 0 Å². The Bertz CT molecular complexity index is 886. The first-order chi connectivity index (χ1) is 13.3. The molecule has 1 aliphatic rings. The van der Waals surface area contributed by atoms with Gasteiger partial charge in [0, 0.05) is 17.2 Å². The van der Waals surface area contributed by atoms with Gasteiger partial charge in [0.2, 0.25) is 0 Å². The second kappa shape index (κ2) is 8.53. The van der Waals surface area contributed by atoms with Crippen LogP contribution in [0.3, 0.4) is 0 Å². The van der Waals surface area contributed by atoms with Crippen LogP contribution in [0.25, 0.3) is 5.69 Å². The molecular weight excluding hydrogens is 354 g/mol. The third-order valence-electron chi connectivity index (χ3n) is 5.07. The lowest BCUT2D eigenvalue weighted by atomic mass is 9.88. The highest BCUT2D eigenvalue weighted by molar-refractivity contribution is 7.99. The molecule has 0 spiro atoms. The third-order valence-corrected chi connectivity index (χ3v) is 6.00. The molecule has 1 aromatic heterocycles. The van der Waals surface area contributed by atoms with Crippen molar-refractivity contribution < 1.29 is 4.79 Å². The smallest absolute Gasteiger partial charge is 0.196 e. The summed E-state index contributed by atoms with van der Waals surface area (Å²) >= 11 is 1.47. The molecule has 3 aromatic rings. The number of carbonyl (C=O) groups is 1. The van der Waals surface area contributed by atoms with Gasteiger partial charge in [-0.2, -0.15) is 0 Å². The Labute approximate surface area is 164 Å². The van der Waals surface area contributed by atoms with E-state index >= 15 is 0 Å². The molecule has 5 heteroatoms. The van der Waals surface area contributed by atoms with Crippen molar-refractivity contribution in [3.8, 4) is 5.69 Å². The van der Waals surface area contributed by atoms with E-state index < -0.39 is 0 Å². The summed E-state index contributed by atoms with van der Waals surface area (Å²) in [6.07, 6.45) is 6.14. The van der Waals surface area contributed by atoms with E-state index in [-0.39, 0.29) is 5.78 Å². The third kappa shape index (κ3) is 4.14. The second-order valence-electron chi connectivity index (χ2n) is 6.92. The van der Waals surface area contributed by atoms with Crippen LogP contribution in [0.5, 0.6) is 0 Å². The molecule has 1 fully saturated rings. The van der Waals surface area contributed by atoms with Crippen LogP contribution in [0.2, 0.25) is 0 Å². The van der Waals surface area contributed by atoms with Gasteiger partial charge < -0.3 is 0 Å². The van der Waals surface area contributed by atoms with Crippen LogP contribution in [0.1, 0.15) is 54.2 Å². The number of thioether (sulfide) groups is 1. The lowest BCUT2D eigenvalue weighted by molar-refractivity contribution is 0.102. The summed E-state index contributed by atoms with van der Waals surface area (Å²) in [4.78, 5) is 12.5. The summed E-state index contributed by atoms with van der Waals surface area (Å²) in [6.45, 7) is 0. The number of aromatic nitrogens is 3. The molecule has 4 rings (SSSR count). The minimum Gasteiger partial charge on any atom is -0.293 e. The minimum atomic E-state index is 0.113. The van der Waals surface area contributed by atoms with E-state index in [1.165, 1.54) is 43.9 Å². The molecule has 0 unspecified atom stereocenters. The van der Waals surface area contributed by atoms with E-state index in [4.69, 9.17) is 0 Å². The molecule has 4 nitrogen and oxygen atoms in total. The first-order valence-electron chi connectivity index (χ1n) is 9.55. The number of hydrogen-bond acceptors (Lipinski definition) is 4. The minimum absolute atomic E-state index is 0.113. The van der Waals surface area contributed by atoms with Gasteiger partial charge in [0.15, 0.2) is 10.9 Å². The number of rotatable bonds is 6. The van der Waals surface area contributed by atoms with Crippen molar-refractivity contribution in [1.29, 1.82) is 0 Å². The summed E-state index contributed by atoms with van der Waals surface area (Å²) in [5.41, 5.74) is 1.81. The van der Waals surface area contributed by atoms with Gasteiger partial charge >= 0.3 is 0 Å². The van der Waals surface area contributed by atoms with Crippen molar-refractivity contribution in [2.24, 2.45) is 0 Å². The largest absolute Gasteiger partial charge is 0.293 e. The number of carbonyl (C=O) groups excluding carboxylic acids is 1. The zero-order valence-corrected chi connectivity index (χ0v) is 16.1. The molecule has 0 N–H and O–H groups in total. The second-order valence-corrected chi connectivity index (χ2v) is 7.87. The average molecular weight is 378 g/mol. The van der Waals surface area contributed by atoms with Crippen molar-refractivity contribution in [3.63, 3.8) is 0 Å². The highest BCUT2D eigenvalue weighted by atomic mass is 32.2. The van der Waals surface area contributed by atoms with Crippen LogP contribution in [0.4, 0.5) is 0 Å². The van der Waals surface area contributed by atoms with Crippen LogP contribution in [0.15, 0.2) is 65.8 Å².